The van der Waals surface area contributed by atoms with Gasteiger partial charge < -0.3 is 15.1 Å². The number of carbonyl (C=O) groups excluding carboxylic acids is 2. The van der Waals surface area contributed by atoms with E-state index < -0.39 is 0 Å². The molecule has 0 aromatic rings. The van der Waals surface area contributed by atoms with Crippen LogP contribution in [0.5, 0.6) is 0 Å². The maximum atomic E-state index is 12.8. The maximum Gasteiger partial charge on any atom is 0.246 e. The Bertz CT molecular complexity index is 440. The first-order chi connectivity index (χ1) is 9.65. The summed E-state index contributed by atoms with van der Waals surface area (Å²) in [6, 6.07) is -0.287. The van der Waals surface area contributed by atoms with E-state index in [4.69, 9.17) is 0 Å². The van der Waals surface area contributed by atoms with Gasteiger partial charge in [0.05, 0.1) is 0 Å². The predicted molar refractivity (Wildman–Crippen MR) is 73.9 cm³/mol. The maximum absolute atomic E-state index is 12.8. The van der Waals surface area contributed by atoms with Crippen molar-refractivity contribution in [3.05, 3.63) is 0 Å². The molecule has 5 rings (SSSR count). The Morgan fingerprint density at radius 2 is 1.75 bits per heavy atom. The third-order valence-electron chi connectivity index (χ3n) is 5.69. The summed E-state index contributed by atoms with van der Waals surface area (Å²) >= 11 is 0. The molecule has 4 heterocycles. The Kier molecular flexibility index (Phi) is 2.81. The Labute approximate surface area is 119 Å². The van der Waals surface area contributed by atoms with Crippen molar-refractivity contribution in [2.24, 2.45) is 11.8 Å². The van der Waals surface area contributed by atoms with Gasteiger partial charge in [-0.25, -0.2) is 0 Å². The van der Waals surface area contributed by atoms with Crippen LogP contribution in [0, 0.1) is 11.8 Å². The van der Waals surface area contributed by atoms with Gasteiger partial charge in [0.15, 0.2) is 0 Å². The predicted octanol–water partition coefficient (Wildman–Crippen LogP) is 0.206. The second-order valence-corrected chi connectivity index (χ2v) is 6.95. The number of piperidine rings is 3. The second kappa shape index (κ2) is 4.45. The van der Waals surface area contributed by atoms with E-state index in [2.05, 4.69) is 10.2 Å². The van der Waals surface area contributed by atoms with Crippen molar-refractivity contribution in [3.8, 4) is 0 Å². The number of piperazine rings is 1. The Balaban J connectivity index is 1.60. The van der Waals surface area contributed by atoms with Crippen LogP contribution >= 0.6 is 0 Å². The molecule has 0 radical (unpaired) electrons. The molecule has 1 saturated carbocycles. The van der Waals surface area contributed by atoms with E-state index in [1.807, 2.05) is 11.8 Å². The van der Waals surface area contributed by atoms with Gasteiger partial charge in [0.2, 0.25) is 11.8 Å². The van der Waals surface area contributed by atoms with Crippen LogP contribution in [0.15, 0.2) is 0 Å². The van der Waals surface area contributed by atoms with E-state index >= 15 is 0 Å². The number of hydrogen-bond acceptors (Lipinski definition) is 3. The molecule has 20 heavy (non-hydrogen) atoms. The lowest BCUT2D eigenvalue weighted by molar-refractivity contribution is -0.156. The summed E-state index contributed by atoms with van der Waals surface area (Å²) < 4.78 is 0. The van der Waals surface area contributed by atoms with Crippen LogP contribution < -0.4 is 5.32 Å². The summed E-state index contributed by atoms with van der Waals surface area (Å²) in [4.78, 5) is 29.4. The highest BCUT2D eigenvalue weighted by Crippen LogP contribution is 2.38. The molecule has 2 amide bonds. The van der Waals surface area contributed by atoms with Gasteiger partial charge in [-0.3, -0.25) is 9.59 Å². The molecular formula is C15H23N3O2. The van der Waals surface area contributed by atoms with E-state index in [0.717, 1.165) is 32.5 Å². The third kappa shape index (κ3) is 1.86. The first-order valence-corrected chi connectivity index (χ1v) is 8.00. The first kappa shape index (κ1) is 12.6. The highest BCUT2D eigenvalue weighted by Gasteiger charge is 2.50. The van der Waals surface area contributed by atoms with Crippen molar-refractivity contribution < 1.29 is 9.59 Å². The van der Waals surface area contributed by atoms with Gasteiger partial charge in [-0.15, -0.1) is 0 Å². The van der Waals surface area contributed by atoms with Crippen molar-refractivity contribution in [3.63, 3.8) is 0 Å². The van der Waals surface area contributed by atoms with Gasteiger partial charge in [-0.05, 0) is 57.5 Å². The topological polar surface area (TPSA) is 52.7 Å². The number of hydrogen-bond donors (Lipinski definition) is 1. The number of amides is 2. The molecule has 0 aromatic heterocycles. The lowest BCUT2D eigenvalue weighted by Crippen LogP contribution is -2.69. The van der Waals surface area contributed by atoms with Crippen LogP contribution in [0.2, 0.25) is 0 Å². The number of rotatable bonds is 2. The fraction of sp³-hybridized carbons (Fsp3) is 0.867. The summed E-state index contributed by atoms with van der Waals surface area (Å²) in [7, 11) is 0. The number of fused-ring (bicyclic) bond motifs is 3. The van der Waals surface area contributed by atoms with Gasteiger partial charge in [0, 0.05) is 12.6 Å². The summed E-state index contributed by atoms with van der Waals surface area (Å²) in [5.74, 6) is 1.20. The standard InChI is InChI=1S/C15H23N3O2/c1-9-14(19)16-13(11-2-3-11)15(20)18(9)12-8-17-6-4-10(12)5-7-17/h9-13H,2-8H2,1H3,(H,16,19). The summed E-state index contributed by atoms with van der Waals surface area (Å²) in [6.45, 7) is 5.17. The number of carbonyl (C=O) groups is 2. The molecule has 1 aliphatic carbocycles. The van der Waals surface area contributed by atoms with Crippen molar-refractivity contribution in [1.82, 2.24) is 15.1 Å². The molecule has 5 nitrogen and oxygen atoms in total. The van der Waals surface area contributed by atoms with E-state index in [0.29, 0.717) is 11.8 Å². The van der Waals surface area contributed by atoms with Gasteiger partial charge >= 0.3 is 0 Å². The molecular weight excluding hydrogens is 254 g/mol. The molecule has 1 N–H and O–H groups in total. The normalized spacial score (nSPS) is 44.6. The van der Waals surface area contributed by atoms with Crippen molar-refractivity contribution >= 4 is 11.8 Å². The summed E-state index contributed by atoms with van der Waals surface area (Å²) in [6.07, 6.45) is 4.52. The fourth-order valence-electron chi connectivity index (χ4n) is 4.26. The molecule has 110 valence electrons. The molecule has 4 aliphatic heterocycles. The zero-order valence-electron chi connectivity index (χ0n) is 12.0. The number of nitrogens with zero attached hydrogens (tertiary/aromatic N) is 2. The highest BCUT2D eigenvalue weighted by molar-refractivity contribution is 5.97. The third-order valence-corrected chi connectivity index (χ3v) is 5.69. The first-order valence-electron chi connectivity index (χ1n) is 8.00. The van der Waals surface area contributed by atoms with E-state index in [-0.39, 0.29) is 29.9 Å². The van der Waals surface area contributed by atoms with Gasteiger partial charge in [0.25, 0.3) is 0 Å². The minimum Gasteiger partial charge on any atom is -0.342 e. The molecule has 5 fully saturated rings. The Hall–Kier alpha value is -1.10. The summed E-state index contributed by atoms with van der Waals surface area (Å²) in [5.41, 5.74) is 0. The van der Waals surface area contributed by atoms with Crippen molar-refractivity contribution in [2.45, 2.75) is 50.7 Å². The molecule has 5 heteroatoms. The fourth-order valence-corrected chi connectivity index (χ4v) is 4.26. The molecule has 0 aromatic carbocycles. The zero-order valence-corrected chi connectivity index (χ0v) is 12.0. The average molecular weight is 277 g/mol. The SMILES string of the molecule is CC1C(=O)NC(C2CC2)C(=O)N1C1CN2CCC1CC2. The van der Waals surface area contributed by atoms with Gasteiger partial charge in [0.1, 0.15) is 12.1 Å². The van der Waals surface area contributed by atoms with Gasteiger partial charge in [-0.1, -0.05) is 0 Å². The quantitative estimate of drug-likeness (QED) is 0.785. The summed E-state index contributed by atoms with van der Waals surface area (Å²) in [5, 5.41) is 2.95. The van der Waals surface area contributed by atoms with E-state index in [1.165, 1.54) is 12.8 Å². The van der Waals surface area contributed by atoms with Crippen LogP contribution in [0.4, 0.5) is 0 Å². The van der Waals surface area contributed by atoms with Crippen molar-refractivity contribution in [2.75, 3.05) is 19.6 Å². The monoisotopic (exact) mass is 277 g/mol. The molecule has 3 unspecified atom stereocenters. The van der Waals surface area contributed by atoms with E-state index in [9.17, 15) is 9.59 Å². The lowest BCUT2D eigenvalue weighted by atomic mass is 9.81. The van der Waals surface area contributed by atoms with Crippen LogP contribution in [-0.4, -0.2) is 59.4 Å². The van der Waals surface area contributed by atoms with Crippen LogP contribution in [-0.2, 0) is 9.59 Å². The lowest BCUT2D eigenvalue weighted by Gasteiger charge is -2.52. The van der Waals surface area contributed by atoms with Gasteiger partial charge in [-0.2, -0.15) is 0 Å². The second-order valence-electron chi connectivity index (χ2n) is 6.95. The Morgan fingerprint density at radius 3 is 2.30 bits per heavy atom. The van der Waals surface area contributed by atoms with Crippen molar-refractivity contribution in [1.29, 1.82) is 0 Å². The molecule has 3 atom stereocenters. The average Bonchev–Trinajstić information content (AvgIpc) is 3.29. The minimum atomic E-state index is -0.303. The van der Waals surface area contributed by atoms with E-state index in [1.54, 1.807) is 0 Å². The molecule has 5 aliphatic rings. The largest absolute Gasteiger partial charge is 0.342 e. The zero-order chi connectivity index (χ0) is 13.9. The van der Waals surface area contributed by atoms with Crippen LogP contribution in [0.25, 0.3) is 0 Å². The number of nitrogens with one attached hydrogen (secondary N) is 1. The molecule has 4 saturated heterocycles. The molecule has 2 bridgehead atoms. The smallest absolute Gasteiger partial charge is 0.246 e. The molecule has 0 spiro atoms. The minimum absolute atomic E-state index is 0.0398. The van der Waals surface area contributed by atoms with Crippen LogP contribution in [0.3, 0.4) is 0 Å². The Morgan fingerprint density at radius 1 is 1.05 bits per heavy atom. The highest BCUT2D eigenvalue weighted by atomic mass is 16.2. The van der Waals surface area contributed by atoms with Crippen LogP contribution in [0.1, 0.15) is 32.6 Å².